The molecule has 2 heterocycles. The maximum Gasteiger partial charge on any atom is 0.417 e. The molecule has 3 aromatic rings. The number of imidazole rings is 1. The average molecular weight is 326 g/mol. The predicted molar refractivity (Wildman–Crippen MR) is 78.7 cm³/mol. The number of pyridine rings is 1. The van der Waals surface area contributed by atoms with E-state index in [0.717, 1.165) is 28.9 Å². The van der Waals surface area contributed by atoms with Crippen LogP contribution in [0.15, 0.2) is 30.5 Å². The molecule has 0 saturated carbocycles. The molecule has 3 rings (SSSR count). The van der Waals surface area contributed by atoms with Gasteiger partial charge in [-0.2, -0.15) is 13.2 Å². The van der Waals surface area contributed by atoms with E-state index in [2.05, 4.69) is 9.97 Å². The van der Waals surface area contributed by atoms with Gasteiger partial charge in [-0.05, 0) is 30.7 Å². The van der Waals surface area contributed by atoms with Crippen LogP contribution >= 0.6 is 11.6 Å². The van der Waals surface area contributed by atoms with Gasteiger partial charge in [0.1, 0.15) is 5.69 Å². The molecule has 22 heavy (non-hydrogen) atoms. The lowest BCUT2D eigenvalue weighted by Gasteiger charge is -2.09. The topological polar surface area (TPSA) is 30.7 Å². The Morgan fingerprint density at radius 1 is 1.18 bits per heavy atom. The summed E-state index contributed by atoms with van der Waals surface area (Å²) >= 11 is 5.98. The van der Waals surface area contributed by atoms with Crippen molar-refractivity contribution >= 4 is 22.6 Å². The van der Waals surface area contributed by atoms with E-state index in [4.69, 9.17) is 11.6 Å². The molecule has 0 unspecified atom stereocenters. The second-order valence-electron chi connectivity index (χ2n) is 5.04. The monoisotopic (exact) mass is 325 g/mol. The first-order valence-electron chi connectivity index (χ1n) is 6.43. The molecule has 0 amide bonds. The molecule has 114 valence electrons. The number of rotatable bonds is 1. The first-order valence-corrected chi connectivity index (χ1v) is 6.81. The average Bonchev–Trinajstić information content (AvgIpc) is 2.74. The number of benzene rings is 1. The Bertz CT molecular complexity index is 868. The minimum Gasteiger partial charge on any atom is -0.326 e. The zero-order valence-corrected chi connectivity index (χ0v) is 12.5. The van der Waals surface area contributed by atoms with Gasteiger partial charge in [-0.25, -0.2) is 4.98 Å². The minimum atomic E-state index is -4.47. The van der Waals surface area contributed by atoms with Gasteiger partial charge >= 0.3 is 6.18 Å². The van der Waals surface area contributed by atoms with E-state index in [1.807, 2.05) is 25.1 Å². The fourth-order valence-electron chi connectivity index (χ4n) is 2.28. The van der Waals surface area contributed by atoms with Crippen molar-refractivity contribution in [2.24, 2.45) is 7.05 Å². The highest BCUT2D eigenvalue weighted by molar-refractivity contribution is 6.33. The van der Waals surface area contributed by atoms with Crippen LogP contribution < -0.4 is 0 Å². The lowest BCUT2D eigenvalue weighted by molar-refractivity contribution is -0.137. The van der Waals surface area contributed by atoms with Gasteiger partial charge in [0.15, 0.2) is 5.82 Å². The quantitative estimate of drug-likeness (QED) is 0.654. The number of fused-ring (bicyclic) bond motifs is 1. The molecule has 0 aliphatic carbocycles. The summed E-state index contributed by atoms with van der Waals surface area (Å²) in [4.78, 5) is 8.29. The third-order valence-electron chi connectivity index (χ3n) is 3.42. The molecular formula is C15H11ClF3N3. The SMILES string of the molecule is Cc1ccc2c(c1)nc(-c1ncc(C(F)(F)F)cc1Cl)n2C. The number of hydrogen-bond acceptors (Lipinski definition) is 2. The standard InChI is InChI=1S/C15H11ClF3N3/c1-8-3-4-12-11(5-8)21-14(22(12)2)13-10(16)6-9(7-20-13)15(17,18)19/h3-7H,1-2H3. The van der Waals surface area contributed by atoms with Crippen LogP contribution in [-0.2, 0) is 13.2 Å². The fourth-order valence-corrected chi connectivity index (χ4v) is 2.53. The van der Waals surface area contributed by atoms with Crippen LogP contribution in [0.25, 0.3) is 22.6 Å². The zero-order valence-electron chi connectivity index (χ0n) is 11.7. The molecule has 0 radical (unpaired) electrons. The summed E-state index contributed by atoms with van der Waals surface area (Å²) in [6.45, 7) is 1.94. The van der Waals surface area contributed by atoms with Crippen LogP contribution in [0.2, 0.25) is 5.02 Å². The van der Waals surface area contributed by atoms with Crippen LogP contribution in [0.1, 0.15) is 11.1 Å². The van der Waals surface area contributed by atoms with Gasteiger partial charge in [0.2, 0.25) is 0 Å². The fraction of sp³-hybridized carbons (Fsp3) is 0.200. The third kappa shape index (κ3) is 2.43. The second kappa shape index (κ2) is 4.98. The summed E-state index contributed by atoms with van der Waals surface area (Å²) in [5, 5.41) is -0.0787. The smallest absolute Gasteiger partial charge is 0.326 e. The first-order chi connectivity index (χ1) is 10.3. The Morgan fingerprint density at radius 3 is 2.55 bits per heavy atom. The van der Waals surface area contributed by atoms with Crippen molar-refractivity contribution in [3.05, 3.63) is 46.6 Å². The summed E-state index contributed by atoms with van der Waals surface area (Å²) in [5.41, 5.74) is 2.00. The molecule has 0 spiro atoms. The normalized spacial score (nSPS) is 12.1. The van der Waals surface area contributed by atoms with Crippen LogP contribution in [0.5, 0.6) is 0 Å². The van der Waals surface area contributed by atoms with E-state index in [1.54, 1.807) is 11.6 Å². The van der Waals surface area contributed by atoms with Gasteiger partial charge in [-0.3, -0.25) is 4.98 Å². The van der Waals surface area contributed by atoms with Crippen LogP contribution in [-0.4, -0.2) is 14.5 Å². The van der Waals surface area contributed by atoms with E-state index < -0.39 is 11.7 Å². The Morgan fingerprint density at radius 2 is 1.91 bits per heavy atom. The largest absolute Gasteiger partial charge is 0.417 e. The van der Waals surface area contributed by atoms with E-state index in [1.165, 1.54) is 0 Å². The Labute approximate surface area is 129 Å². The third-order valence-corrected chi connectivity index (χ3v) is 3.70. The number of nitrogens with zero attached hydrogens (tertiary/aromatic N) is 3. The number of aromatic nitrogens is 3. The van der Waals surface area contributed by atoms with Crippen molar-refractivity contribution in [2.75, 3.05) is 0 Å². The van der Waals surface area contributed by atoms with E-state index in [0.29, 0.717) is 5.82 Å². The number of aryl methyl sites for hydroxylation is 2. The van der Waals surface area contributed by atoms with Crippen molar-refractivity contribution < 1.29 is 13.2 Å². The zero-order chi connectivity index (χ0) is 16.1. The molecule has 0 fully saturated rings. The van der Waals surface area contributed by atoms with Crippen molar-refractivity contribution in [2.45, 2.75) is 13.1 Å². The highest BCUT2D eigenvalue weighted by Gasteiger charge is 2.32. The van der Waals surface area contributed by atoms with Crippen molar-refractivity contribution in [1.29, 1.82) is 0 Å². The Hall–Kier alpha value is -2.08. The maximum absolute atomic E-state index is 12.7. The van der Waals surface area contributed by atoms with Gasteiger partial charge in [0, 0.05) is 13.2 Å². The van der Waals surface area contributed by atoms with Gasteiger partial charge in [0.05, 0.1) is 21.6 Å². The number of halogens is 4. The van der Waals surface area contributed by atoms with E-state index in [-0.39, 0.29) is 10.7 Å². The molecule has 3 nitrogen and oxygen atoms in total. The highest BCUT2D eigenvalue weighted by Crippen LogP contribution is 2.34. The summed E-state index contributed by atoms with van der Waals surface area (Å²) in [6, 6.07) is 6.61. The van der Waals surface area contributed by atoms with Crippen LogP contribution in [0, 0.1) is 6.92 Å². The van der Waals surface area contributed by atoms with Crippen molar-refractivity contribution in [3.8, 4) is 11.5 Å². The Balaban J connectivity index is 2.17. The van der Waals surface area contributed by atoms with Gasteiger partial charge in [-0.15, -0.1) is 0 Å². The lowest BCUT2D eigenvalue weighted by Crippen LogP contribution is -2.06. The van der Waals surface area contributed by atoms with Gasteiger partial charge < -0.3 is 4.57 Å². The maximum atomic E-state index is 12.7. The molecule has 7 heteroatoms. The summed E-state index contributed by atoms with van der Waals surface area (Å²) < 4.78 is 39.8. The molecule has 1 aromatic carbocycles. The number of alkyl halides is 3. The molecular weight excluding hydrogens is 315 g/mol. The lowest BCUT2D eigenvalue weighted by atomic mass is 10.2. The molecule has 0 aliphatic heterocycles. The number of hydrogen-bond donors (Lipinski definition) is 0. The van der Waals surface area contributed by atoms with Gasteiger partial charge in [0.25, 0.3) is 0 Å². The van der Waals surface area contributed by atoms with Crippen LogP contribution in [0.4, 0.5) is 13.2 Å². The first kappa shape index (κ1) is 14.8. The van der Waals surface area contributed by atoms with Crippen molar-refractivity contribution in [3.63, 3.8) is 0 Å². The molecule has 0 saturated heterocycles. The Kier molecular flexibility index (Phi) is 3.36. The molecule has 0 aliphatic rings. The molecule has 0 N–H and O–H groups in total. The predicted octanol–water partition coefficient (Wildman–Crippen LogP) is 4.62. The minimum absolute atomic E-state index is 0.0787. The summed E-state index contributed by atoms with van der Waals surface area (Å²) in [5.74, 6) is 0.430. The highest BCUT2D eigenvalue weighted by atomic mass is 35.5. The molecule has 0 atom stereocenters. The van der Waals surface area contributed by atoms with Gasteiger partial charge in [-0.1, -0.05) is 17.7 Å². The van der Waals surface area contributed by atoms with E-state index >= 15 is 0 Å². The summed E-state index contributed by atoms with van der Waals surface area (Å²) in [7, 11) is 1.77. The summed E-state index contributed by atoms with van der Waals surface area (Å²) in [6.07, 6.45) is -3.70. The van der Waals surface area contributed by atoms with Crippen LogP contribution in [0.3, 0.4) is 0 Å². The molecule has 0 bridgehead atoms. The second-order valence-corrected chi connectivity index (χ2v) is 5.45. The van der Waals surface area contributed by atoms with E-state index in [9.17, 15) is 13.2 Å². The van der Waals surface area contributed by atoms with Crippen molar-refractivity contribution in [1.82, 2.24) is 14.5 Å². The molecule has 2 aromatic heterocycles.